The van der Waals surface area contributed by atoms with Crippen molar-refractivity contribution in [3.8, 4) is 0 Å². The normalized spacial score (nSPS) is 20.6. The van der Waals surface area contributed by atoms with E-state index in [1.165, 1.54) is 32.4 Å². The van der Waals surface area contributed by atoms with Gasteiger partial charge in [-0.3, -0.25) is 4.90 Å². The predicted octanol–water partition coefficient (Wildman–Crippen LogP) is 3.75. The molecule has 0 spiro atoms. The van der Waals surface area contributed by atoms with Gasteiger partial charge in [0, 0.05) is 6.54 Å². The smallest absolute Gasteiger partial charge is 0.146 e. The number of likely N-dealkylation sites (tertiary alicyclic amines) is 1. The van der Waals surface area contributed by atoms with Crippen LogP contribution in [0.1, 0.15) is 38.9 Å². The summed E-state index contributed by atoms with van der Waals surface area (Å²) in [6.45, 7) is 8.58. The van der Waals surface area contributed by atoms with Crippen LogP contribution < -0.4 is 5.32 Å². The number of nitrogens with zero attached hydrogens (tertiary/aromatic N) is 3. The Morgan fingerprint density at radius 3 is 3.10 bits per heavy atom. The highest BCUT2D eigenvalue weighted by molar-refractivity contribution is 7.16. The molecule has 114 valence electrons. The fourth-order valence-corrected chi connectivity index (χ4v) is 3.74. The molecule has 2 aromatic heterocycles. The van der Waals surface area contributed by atoms with Crippen molar-refractivity contribution < 1.29 is 0 Å². The lowest BCUT2D eigenvalue weighted by atomic mass is 10.0. The molecule has 2 aromatic rings. The molecule has 1 aliphatic heterocycles. The molecule has 5 heteroatoms. The second-order valence-electron chi connectivity index (χ2n) is 5.97. The molecule has 1 fully saturated rings. The lowest BCUT2D eigenvalue weighted by Gasteiger charge is -2.19. The van der Waals surface area contributed by atoms with E-state index in [-0.39, 0.29) is 0 Å². The van der Waals surface area contributed by atoms with Gasteiger partial charge in [0.15, 0.2) is 0 Å². The summed E-state index contributed by atoms with van der Waals surface area (Å²) in [5.74, 6) is 2.80. The lowest BCUT2D eigenvalue weighted by Crippen LogP contribution is -2.25. The van der Waals surface area contributed by atoms with Gasteiger partial charge < -0.3 is 5.32 Å². The lowest BCUT2D eigenvalue weighted by molar-refractivity contribution is 0.267. The van der Waals surface area contributed by atoms with Crippen LogP contribution in [0.4, 0.5) is 5.82 Å². The van der Waals surface area contributed by atoms with Gasteiger partial charge >= 0.3 is 0 Å². The topological polar surface area (TPSA) is 41.1 Å². The SMILES string of the molecule is CCNc1nc(CN2CCCC(C)CC2)nc2sccc12. The second kappa shape index (κ2) is 6.71. The first-order chi connectivity index (χ1) is 10.3. The molecule has 0 amide bonds. The maximum absolute atomic E-state index is 4.75. The standard InChI is InChI=1S/C16H24N4S/c1-3-17-15-13-7-10-21-16(13)19-14(18-15)11-20-8-4-5-12(2)6-9-20/h7,10,12H,3-6,8-9,11H2,1-2H3,(H,17,18,19). The minimum absolute atomic E-state index is 0.855. The Morgan fingerprint density at radius 2 is 2.24 bits per heavy atom. The van der Waals surface area contributed by atoms with Crippen molar-refractivity contribution in [3.63, 3.8) is 0 Å². The van der Waals surface area contributed by atoms with Crippen LogP contribution >= 0.6 is 11.3 Å². The van der Waals surface area contributed by atoms with E-state index in [9.17, 15) is 0 Å². The number of fused-ring (bicyclic) bond motifs is 1. The minimum Gasteiger partial charge on any atom is -0.370 e. The first-order valence-electron chi connectivity index (χ1n) is 7.96. The van der Waals surface area contributed by atoms with Gasteiger partial charge in [0.05, 0.1) is 11.9 Å². The van der Waals surface area contributed by atoms with Crippen LogP contribution in [0.3, 0.4) is 0 Å². The Hall–Kier alpha value is -1.20. The number of rotatable bonds is 4. The zero-order valence-corrected chi connectivity index (χ0v) is 13.7. The summed E-state index contributed by atoms with van der Waals surface area (Å²) >= 11 is 1.70. The number of anilines is 1. The average molecular weight is 304 g/mol. The van der Waals surface area contributed by atoms with Gasteiger partial charge in [0.1, 0.15) is 16.5 Å². The number of nitrogens with one attached hydrogen (secondary N) is 1. The molecule has 1 aliphatic rings. The van der Waals surface area contributed by atoms with E-state index in [1.54, 1.807) is 11.3 Å². The number of thiophene rings is 1. The highest BCUT2D eigenvalue weighted by atomic mass is 32.1. The number of hydrogen-bond donors (Lipinski definition) is 1. The zero-order valence-electron chi connectivity index (χ0n) is 12.9. The number of hydrogen-bond acceptors (Lipinski definition) is 5. The van der Waals surface area contributed by atoms with Gasteiger partial charge in [-0.05, 0) is 56.6 Å². The molecule has 21 heavy (non-hydrogen) atoms. The van der Waals surface area contributed by atoms with Crippen LogP contribution in [0, 0.1) is 5.92 Å². The predicted molar refractivity (Wildman–Crippen MR) is 89.9 cm³/mol. The Kier molecular flexibility index (Phi) is 4.70. The van der Waals surface area contributed by atoms with Crippen LogP contribution in [0.2, 0.25) is 0 Å². The van der Waals surface area contributed by atoms with Crippen molar-refractivity contribution in [1.82, 2.24) is 14.9 Å². The third-order valence-corrected chi connectivity index (χ3v) is 5.00. The summed E-state index contributed by atoms with van der Waals surface area (Å²) in [7, 11) is 0. The summed E-state index contributed by atoms with van der Waals surface area (Å²) in [5.41, 5.74) is 0. The van der Waals surface area contributed by atoms with Gasteiger partial charge in [-0.15, -0.1) is 11.3 Å². The molecule has 0 aromatic carbocycles. The second-order valence-corrected chi connectivity index (χ2v) is 6.86. The minimum atomic E-state index is 0.855. The zero-order chi connectivity index (χ0) is 14.7. The fourth-order valence-electron chi connectivity index (χ4n) is 2.95. The van der Waals surface area contributed by atoms with Crippen LogP contribution in [0.25, 0.3) is 10.2 Å². The van der Waals surface area contributed by atoms with Crippen molar-refractivity contribution >= 4 is 27.4 Å². The van der Waals surface area contributed by atoms with Crippen LogP contribution in [-0.4, -0.2) is 34.5 Å². The van der Waals surface area contributed by atoms with E-state index >= 15 is 0 Å². The Balaban J connectivity index is 1.79. The summed E-state index contributed by atoms with van der Waals surface area (Å²) < 4.78 is 0. The van der Waals surface area contributed by atoms with Crippen LogP contribution in [0.5, 0.6) is 0 Å². The van der Waals surface area contributed by atoms with E-state index in [2.05, 4.69) is 35.5 Å². The molecular formula is C16H24N4S. The largest absolute Gasteiger partial charge is 0.370 e. The molecule has 1 saturated heterocycles. The molecule has 1 unspecified atom stereocenters. The third kappa shape index (κ3) is 3.52. The van der Waals surface area contributed by atoms with Gasteiger partial charge in [-0.1, -0.05) is 6.92 Å². The van der Waals surface area contributed by atoms with Crippen molar-refractivity contribution in [3.05, 3.63) is 17.3 Å². The summed E-state index contributed by atoms with van der Waals surface area (Å²) in [5, 5.41) is 6.61. The van der Waals surface area contributed by atoms with E-state index in [0.29, 0.717) is 0 Å². The first kappa shape index (κ1) is 14.7. The van der Waals surface area contributed by atoms with Gasteiger partial charge in [-0.2, -0.15) is 0 Å². The quantitative estimate of drug-likeness (QED) is 0.934. The molecule has 1 atom stereocenters. The van der Waals surface area contributed by atoms with E-state index < -0.39 is 0 Å². The van der Waals surface area contributed by atoms with Crippen molar-refractivity contribution in [2.75, 3.05) is 25.0 Å². The van der Waals surface area contributed by atoms with Crippen molar-refractivity contribution in [2.45, 2.75) is 39.7 Å². The van der Waals surface area contributed by atoms with E-state index in [0.717, 1.165) is 40.9 Å². The monoisotopic (exact) mass is 304 g/mol. The first-order valence-corrected chi connectivity index (χ1v) is 8.84. The average Bonchev–Trinajstić information content (AvgIpc) is 2.84. The maximum Gasteiger partial charge on any atom is 0.146 e. The Labute approximate surface area is 130 Å². The van der Waals surface area contributed by atoms with Gasteiger partial charge in [0.25, 0.3) is 0 Å². The van der Waals surface area contributed by atoms with E-state index in [1.807, 2.05) is 0 Å². The highest BCUT2D eigenvalue weighted by Gasteiger charge is 2.16. The molecule has 1 N–H and O–H groups in total. The molecule has 4 nitrogen and oxygen atoms in total. The summed E-state index contributed by atoms with van der Waals surface area (Å²) in [4.78, 5) is 13.1. The van der Waals surface area contributed by atoms with Crippen molar-refractivity contribution in [1.29, 1.82) is 0 Å². The molecular weight excluding hydrogens is 280 g/mol. The molecule has 0 saturated carbocycles. The summed E-state index contributed by atoms with van der Waals surface area (Å²) in [6, 6.07) is 2.11. The molecule has 0 radical (unpaired) electrons. The summed E-state index contributed by atoms with van der Waals surface area (Å²) in [6.07, 6.45) is 3.94. The molecule has 3 heterocycles. The number of aromatic nitrogens is 2. The Morgan fingerprint density at radius 1 is 1.33 bits per heavy atom. The van der Waals surface area contributed by atoms with Crippen molar-refractivity contribution in [2.24, 2.45) is 5.92 Å². The molecule has 0 aliphatic carbocycles. The highest BCUT2D eigenvalue weighted by Crippen LogP contribution is 2.26. The van der Waals surface area contributed by atoms with Crippen LogP contribution in [0.15, 0.2) is 11.4 Å². The van der Waals surface area contributed by atoms with Crippen LogP contribution in [-0.2, 0) is 6.54 Å². The fraction of sp³-hybridized carbons (Fsp3) is 0.625. The Bertz CT molecular complexity index is 595. The maximum atomic E-state index is 4.75. The van der Waals surface area contributed by atoms with E-state index in [4.69, 9.17) is 9.97 Å². The molecule has 3 rings (SSSR count). The molecule has 0 bridgehead atoms. The third-order valence-electron chi connectivity index (χ3n) is 4.19. The van der Waals surface area contributed by atoms with Gasteiger partial charge in [-0.25, -0.2) is 9.97 Å². The van der Waals surface area contributed by atoms with Gasteiger partial charge in [0.2, 0.25) is 0 Å².